The van der Waals surface area contributed by atoms with Gasteiger partial charge in [-0.2, -0.15) is 0 Å². The number of hydrogen-bond acceptors (Lipinski definition) is 2. The van der Waals surface area contributed by atoms with Crippen molar-refractivity contribution in [2.24, 2.45) is 0 Å². The Bertz CT molecular complexity index is 604. The minimum Gasteiger partial charge on any atom is -0.322 e. The van der Waals surface area contributed by atoms with E-state index in [9.17, 15) is 4.79 Å². The summed E-state index contributed by atoms with van der Waals surface area (Å²) in [6.45, 7) is 5.89. The van der Waals surface area contributed by atoms with E-state index in [1.807, 2.05) is 39.0 Å². The van der Waals surface area contributed by atoms with Gasteiger partial charge in [0, 0.05) is 20.5 Å². The summed E-state index contributed by atoms with van der Waals surface area (Å²) in [6, 6.07) is 7.35. The molecule has 0 bridgehead atoms. The molecule has 0 saturated heterocycles. The third-order valence-corrected chi connectivity index (χ3v) is 3.92. The molecule has 0 atom stereocenters. The predicted molar refractivity (Wildman–Crippen MR) is 77.9 cm³/mol. The summed E-state index contributed by atoms with van der Waals surface area (Å²) in [4.78, 5) is 14.3. The van der Waals surface area contributed by atoms with Crippen LogP contribution in [-0.2, 0) is 0 Å². The van der Waals surface area contributed by atoms with Gasteiger partial charge in [-0.25, -0.2) is 0 Å². The Labute approximate surface area is 116 Å². The fraction of sp³-hybridized carbons (Fsp3) is 0.214. The molecule has 0 saturated carbocycles. The minimum atomic E-state index is -0.0673. The van der Waals surface area contributed by atoms with Crippen molar-refractivity contribution in [2.75, 3.05) is 5.32 Å². The lowest BCUT2D eigenvalue weighted by Gasteiger charge is -2.08. The highest BCUT2D eigenvalue weighted by Crippen LogP contribution is 2.24. The number of amides is 1. The number of nitrogens with one attached hydrogen (secondary N) is 1. The number of benzene rings is 1. The van der Waals surface area contributed by atoms with Crippen LogP contribution in [0.1, 0.15) is 25.7 Å². The van der Waals surface area contributed by atoms with Gasteiger partial charge in [0.25, 0.3) is 5.91 Å². The van der Waals surface area contributed by atoms with Crippen LogP contribution in [0.3, 0.4) is 0 Å². The van der Waals surface area contributed by atoms with Crippen LogP contribution in [0.2, 0.25) is 5.02 Å². The van der Waals surface area contributed by atoms with Crippen molar-refractivity contribution in [3.63, 3.8) is 0 Å². The standard InChI is InChI=1S/C14H14ClNOS/c1-8-6-11(15)4-5-13(8)16-14(17)12-7-9(2)18-10(12)3/h4-7H,1-3H3,(H,16,17). The number of rotatable bonds is 2. The summed E-state index contributed by atoms with van der Waals surface area (Å²) >= 11 is 7.52. The number of carbonyl (C=O) groups excluding carboxylic acids is 1. The van der Waals surface area contributed by atoms with Crippen LogP contribution in [0.25, 0.3) is 0 Å². The van der Waals surface area contributed by atoms with E-state index >= 15 is 0 Å². The Kier molecular flexibility index (Phi) is 3.73. The van der Waals surface area contributed by atoms with Gasteiger partial charge in [0.15, 0.2) is 0 Å². The SMILES string of the molecule is Cc1cc(C(=O)Nc2ccc(Cl)cc2C)c(C)s1. The summed E-state index contributed by atoms with van der Waals surface area (Å²) in [7, 11) is 0. The molecule has 1 amide bonds. The molecule has 1 aromatic carbocycles. The first-order chi connectivity index (χ1) is 8.47. The van der Waals surface area contributed by atoms with E-state index in [1.165, 1.54) is 0 Å². The molecule has 0 aliphatic heterocycles. The lowest BCUT2D eigenvalue weighted by Crippen LogP contribution is -2.12. The van der Waals surface area contributed by atoms with Crippen LogP contribution in [0.5, 0.6) is 0 Å². The Balaban J connectivity index is 2.24. The van der Waals surface area contributed by atoms with Gasteiger partial charge in [-0.15, -0.1) is 11.3 Å². The van der Waals surface area contributed by atoms with Crippen LogP contribution in [-0.4, -0.2) is 5.91 Å². The number of thiophene rings is 1. The molecule has 0 unspecified atom stereocenters. The molecule has 1 heterocycles. The maximum absolute atomic E-state index is 12.1. The van der Waals surface area contributed by atoms with E-state index < -0.39 is 0 Å². The predicted octanol–water partition coefficient (Wildman–Crippen LogP) is 4.58. The molecule has 0 aliphatic rings. The van der Waals surface area contributed by atoms with Crippen LogP contribution in [0, 0.1) is 20.8 Å². The summed E-state index contributed by atoms with van der Waals surface area (Å²) in [6.07, 6.45) is 0. The van der Waals surface area contributed by atoms with Crippen molar-refractivity contribution >= 4 is 34.5 Å². The van der Waals surface area contributed by atoms with E-state index in [4.69, 9.17) is 11.6 Å². The first-order valence-electron chi connectivity index (χ1n) is 5.62. The van der Waals surface area contributed by atoms with Gasteiger partial charge in [-0.3, -0.25) is 4.79 Å². The zero-order chi connectivity index (χ0) is 13.3. The lowest BCUT2D eigenvalue weighted by molar-refractivity contribution is 0.102. The molecule has 2 rings (SSSR count). The molecule has 2 aromatic rings. The van der Waals surface area contributed by atoms with Crippen molar-refractivity contribution in [1.82, 2.24) is 0 Å². The van der Waals surface area contributed by atoms with Gasteiger partial charge in [-0.1, -0.05) is 11.6 Å². The fourth-order valence-electron chi connectivity index (χ4n) is 1.81. The van der Waals surface area contributed by atoms with Gasteiger partial charge in [0.2, 0.25) is 0 Å². The number of anilines is 1. The molecule has 94 valence electrons. The number of aryl methyl sites for hydroxylation is 3. The molecule has 1 aromatic heterocycles. The van der Waals surface area contributed by atoms with Gasteiger partial charge < -0.3 is 5.32 Å². The molecule has 1 N–H and O–H groups in total. The highest BCUT2D eigenvalue weighted by Gasteiger charge is 2.12. The highest BCUT2D eigenvalue weighted by molar-refractivity contribution is 7.12. The molecular weight excluding hydrogens is 266 g/mol. The molecule has 0 fully saturated rings. The number of carbonyl (C=O) groups is 1. The molecule has 2 nitrogen and oxygen atoms in total. The van der Waals surface area contributed by atoms with E-state index in [0.717, 1.165) is 26.6 Å². The second kappa shape index (κ2) is 5.12. The van der Waals surface area contributed by atoms with Crippen molar-refractivity contribution in [3.8, 4) is 0 Å². The Morgan fingerprint density at radius 2 is 1.94 bits per heavy atom. The minimum absolute atomic E-state index is 0.0673. The van der Waals surface area contributed by atoms with Crippen molar-refractivity contribution in [2.45, 2.75) is 20.8 Å². The Hall–Kier alpha value is -1.32. The van der Waals surface area contributed by atoms with Crippen LogP contribution in [0.15, 0.2) is 24.3 Å². The monoisotopic (exact) mass is 279 g/mol. The third-order valence-electron chi connectivity index (χ3n) is 2.72. The lowest BCUT2D eigenvalue weighted by atomic mass is 10.2. The summed E-state index contributed by atoms with van der Waals surface area (Å²) in [5.74, 6) is -0.0673. The Morgan fingerprint density at radius 1 is 1.22 bits per heavy atom. The first kappa shape index (κ1) is 13.1. The Morgan fingerprint density at radius 3 is 2.50 bits per heavy atom. The summed E-state index contributed by atoms with van der Waals surface area (Å²) in [5, 5.41) is 3.59. The van der Waals surface area contributed by atoms with Crippen molar-refractivity contribution < 1.29 is 4.79 Å². The maximum Gasteiger partial charge on any atom is 0.256 e. The largest absolute Gasteiger partial charge is 0.322 e. The molecule has 18 heavy (non-hydrogen) atoms. The molecule has 0 radical (unpaired) electrons. The number of hydrogen-bond donors (Lipinski definition) is 1. The van der Waals surface area contributed by atoms with Gasteiger partial charge in [0.05, 0.1) is 5.56 Å². The zero-order valence-electron chi connectivity index (χ0n) is 10.5. The van der Waals surface area contributed by atoms with Gasteiger partial charge >= 0.3 is 0 Å². The van der Waals surface area contributed by atoms with E-state index in [2.05, 4.69) is 5.32 Å². The smallest absolute Gasteiger partial charge is 0.256 e. The van der Waals surface area contributed by atoms with Crippen molar-refractivity contribution in [1.29, 1.82) is 0 Å². The van der Waals surface area contributed by atoms with Gasteiger partial charge in [-0.05, 0) is 50.6 Å². The van der Waals surface area contributed by atoms with Gasteiger partial charge in [0.1, 0.15) is 0 Å². The van der Waals surface area contributed by atoms with Crippen LogP contribution >= 0.6 is 22.9 Å². The quantitative estimate of drug-likeness (QED) is 0.857. The van der Waals surface area contributed by atoms with Crippen molar-refractivity contribution in [3.05, 3.63) is 50.2 Å². The topological polar surface area (TPSA) is 29.1 Å². The normalized spacial score (nSPS) is 10.4. The zero-order valence-corrected chi connectivity index (χ0v) is 12.1. The second-order valence-corrected chi connectivity index (χ2v) is 6.14. The highest BCUT2D eigenvalue weighted by atomic mass is 35.5. The molecule has 0 aliphatic carbocycles. The summed E-state index contributed by atoms with van der Waals surface area (Å²) < 4.78 is 0. The average Bonchev–Trinajstić information content (AvgIpc) is 2.62. The number of halogens is 1. The summed E-state index contributed by atoms with van der Waals surface area (Å²) in [5.41, 5.74) is 2.50. The average molecular weight is 280 g/mol. The van der Waals surface area contributed by atoms with E-state index in [0.29, 0.717) is 5.02 Å². The van der Waals surface area contributed by atoms with Crippen LogP contribution in [0.4, 0.5) is 5.69 Å². The first-order valence-corrected chi connectivity index (χ1v) is 6.81. The van der Waals surface area contributed by atoms with E-state index in [1.54, 1.807) is 17.4 Å². The molecule has 0 spiro atoms. The second-order valence-electron chi connectivity index (χ2n) is 4.24. The van der Waals surface area contributed by atoms with E-state index in [-0.39, 0.29) is 5.91 Å². The molecular formula is C14H14ClNOS. The molecule has 4 heteroatoms. The van der Waals surface area contributed by atoms with Crippen LogP contribution < -0.4 is 5.32 Å². The maximum atomic E-state index is 12.1. The fourth-order valence-corrected chi connectivity index (χ4v) is 2.96. The third kappa shape index (κ3) is 2.74.